The standard InChI is InChI=1S/C19H22FNO3/c1-19(2,23)17(12-14-8-10-16(20)11-9-14)21-18(22)24-13-15-6-4-3-5-7-15/h3-11,17,23H,12-13H2,1-2H3,(H,21,22). The van der Waals surface area contributed by atoms with Gasteiger partial charge in [0.15, 0.2) is 0 Å². The summed E-state index contributed by atoms with van der Waals surface area (Å²) in [5.74, 6) is -0.325. The molecule has 0 bridgehead atoms. The minimum absolute atomic E-state index is 0.155. The van der Waals surface area contributed by atoms with Crippen molar-refractivity contribution in [3.8, 4) is 0 Å². The van der Waals surface area contributed by atoms with Crippen molar-refractivity contribution in [3.63, 3.8) is 0 Å². The fourth-order valence-electron chi connectivity index (χ4n) is 2.24. The lowest BCUT2D eigenvalue weighted by Gasteiger charge is -2.30. The van der Waals surface area contributed by atoms with Gasteiger partial charge in [-0.2, -0.15) is 0 Å². The number of benzene rings is 2. The van der Waals surface area contributed by atoms with Crippen molar-refractivity contribution in [1.29, 1.82) is 0 Å². The Kier molecular flexibility index (Phi) is 5.93. The van der Waals surface area contributed by atoms with Crippen LogP contribution in [0.15, 0.2) is 54.6 Å². The van der Waals surface area contributed by atoms with Gasteiger partial charge < -0.3 is 15.2 Å². The Labute approximate surface area is 141 Å². The predicted molar refractivity (Wildman–Crippen MR) is 90.0 cm³/mol. The highest BCUT2D eigenvalue weighted by atomic mass is 19.1. The number of hydrogen-bond acceptors (Lipinski definition) is 3. The van der Waals surface area contributed by atoms with Crippen molar-refractivity contribution >= 4 is 6.09 Å². The first-order chi connectivity index (χ1) is 11.3. The van der Waals surface area contributed by atoms with Crippen LogP contribution < -0.4 is 5.32 Å². The highest BCUT2D eigenvalue weighted by Gasteiger charge is 2.29. The van der Waals surface area contributed by atoms with Gasteiger partial charge in [0, 0.05) is 0 Å². The van der Waals surface area contributed by atoms with Crippen LogP contribution in [0.5, 0.6) is 0 Å². The highest BCUT2D eigenvalue weighted by molar-refractivity contribution is 5.67. The first kappa shape index (κ1) is 17.9. The Bertz CT molecular complexity index is 651. The average Bonchev–Trinajstić information content (AvgIpc) is 2.54. The summed E-state index contributed by atoms with van der Waals surface area (Å²) in [6.45, 7) is 3.37. The normalized spacial score (nSPS) is 12.5. The fourth-order valence-corrected chi connectivity index (χ4v) is 2.24. The molecule has 4 nitrogen and oxygen atoms in total. The second kappa shape index (κ2) is 7.93. The highest BCUT2D eigenvalue weighted by Crippen LogP contribution is 2.15. The van der Waals surface area contributed by atoms with Crippen LogP contribution in [0.1, 0.15) is 25.0 Å². The first-order valence-electron chi connectivity index (χ1n) is 7.78. The van der Waals surface area contributed by atoms with Gasteiger partial charge in [-0.25, -0.2) is 9.18 Å². The van der Waals surface area contributed by atoms with Crippen LogP contribution in [0.2, 0.25) is 0 Å². The number of halogens is 1. The van der Waals surface area contributed by atoms with E-state index >= 15 is 0 Å². The number of carbonyl (C=O) groups excluding carboxylic acids is 1. The van der Waals surface area contributed by atoms with Crippen LogP contribution in [0.25, 0.3) is 0 Å². The molecule has 2 aromatic carbocycles. The summed E-state index contributed by atoms with van der Waals surface area (Å²) in [5, 5.41) is 13.0. The first-order valence-corrected chi connectivity index (χ1v) is 7.78. The number of ether oxygens (including phenoxy) is 1. The van der Waals surface area contributed by atoms with E-state index in [1.807, 2.05) is 30.3 Å². The fraction of sp³-hybridized carbons (Fsp3) is 0.316. The number of carbonyl (C=O) groups is 1. The quantitative estimate of drug-likeness (QED) is 0.852. The zero-order valence-corrected chi connectivity index (χ0v) is 13.8. The third-order valence-corrected chi connectivity index (χ3v) is 3.71. The van der Waals surface area contributed by atoms with Crippen LogP contribution in [0, 0.1) is 5.82 Å². The molecule has 1 unspecified atom stereocenters. The van der Waals surface area contributed by atoms with E-state index < -0.39 is 17.7 Å². The van der Waals surface area contributed by atoms with Gasteiger partial charge in [-0.3, -0.25) is 0 Å². The maximum Gasteiger partial charge on any atom is 0.407 e. The maximum absolute atomic E-state index is 13.0. The van der Waals surface area contributed by atoms with E-state index in [9.17, 15) is 14.3 Å². The number of hydrogen-bond donors (Lipinski definition) is 2. The Hall–Kier alpha value is -2.40. The van der Waals surface area contributed by atoms with E-state index in [1.54, 1.807) is 26.0 Å². The Balaban J connectivity index is 1.95. The molecule has 0 aliphatic rings. The Morgan fingerprint density at radius 3 is 2.33 bits per heavy atom. The Morgan fingerprint density at radius 1 is 1.12 bits per heavy atom. The van der Waals surface area contributed by atoms with Crippen LogP contribution in [-0.4, -0.2) is 22.8 Å². The number of nitrogens with one attached hydrogen (secondary N) is 1. The molecular formula is C19H22FNO3. The van der Waals surface area contributed by atoms with E-state index in [4.69, 9.17) is 4.74 Å². The summed E-state index contributed by atoms with van der Waals surface area (Å²) < 4.78 is 18.2. The minimum Gasteiger partial charge on any atom is -0.445 e. The van der Waals surface area contributed by atoms with Crippen molar-refractivity contribution in [2.75, 3.05) is 0 Å². The van der Waals surface area contributed by atoms with E-state index in [0.29, 0.717) is 6.42 Å². The number of aliphatic hydroxyl groups is 1. The molecule has 1 atom stereocenters. The molecule has 24 heavy (non-hydrogen) atoms. The average molecular weight is 331 g/mol. The van der Waals surface area contributed by atoms with Gasteiger partial charge in [-0.1, -0.05) is 42.5 Å². The van der Waals surface area contributed by atoms with Crippen molar-refractivity contribution < 1.29 is 19.0 Å². The van der Waals surface area contributed by atoms with Gasteiger partial charge in [-0.15, -0.1) is 0 Å². The molecule has 2 aromatic rings. The van der Waals surface area contributed by atoms with Crippen LogP contribution in [-0.2, 0) is 17.8 Å². The molecule has 0 aromatic heterocycles. The van der Waals surface area contributed by atoms with Crippen LogP contribution in [0.4, 0.5) is 9.18 Å². The molecule has 0 radical (unpaired) electrons. The van der Waals surface area contributed by atoms with Crippen molar-refractivity contribution in [2.45, 2.75) is 38.5 Å². The third-order valence-electron chi connectivity index (χ3n) is 3.71. The lowest BCUT2D eigenvalue weighted by molar-refractivity contribution is 0.0338. The molecule has 0 aliphatic heterocycles. The second-order valence-corrected chi connectivity index (χ2v) is 6.24. The van der Waals surface area contributed by atoms with Crippen molar-refractivity contribution in [2.24, 2.45) is 0 Å². The smallest absolute Gasteiger partial charge is 0.407 e. The maximum atomic E-state index is 13.0. The number of amides is 1. The van der Waals surface area contributed by atoms with Gasteiger partial charge in [0.1, 0.15) is 12.4 Å². The summed E-state index contributed by atoms with van der Waals surface area (Å²) in [6.07, 6.45) is -0.238. The van der Waals surface area contributed by atoms with Gasteiger partial charge >= 0.3 is 6.09 Å². The Morgan fingerprint density at radius 2 is 1.75 bits per heavy atom. The molecule has 1 amide bonds. The van der Waals surface area contributed by atoms with Gasteiger partial charge in [0.05, 0.1) is 11.6 Å². The van der Waals surface area contributed by atoms with E-state index in [2.05, 4.69) is 5.32 Å². The molecule has 2 N–H and O–H groups in total. The monoisotopic (exact) mass is 331 g/mol. The summed E-state index contributed by atoms with van der Waals surface area (Å²) in [7, 11) is 0. The van der Waals surface area contributed by atoms with Gasteiger partial charge in [-0.05, 0) is 43.5 Å². The zero-order valence-electron chi connectivity index (χ0n) is 13.8. The molecule has 0 fully saturated rings. The lowest BCUT2D eigenvalue weighted by Crippen LogP contribution is -2.50. The lowest BCUT2D eigenvalue weighted by atomic mass is 9.92. The van der Waals surface area contributed by atoms with E-state index in [0.717, 1.165) is 11.1 Å². The zero-order chi connectivity index (χ0) is 17.6. The largest absolute Gasteiger partial charge is 0.445 e. The molecule has 0 heterocycles. The molecule has 2 rings (SSSR count). The van der Waals surface area contributed by atoms with E-state index in [-0.39, 0.29) is 12.4 Å². The minimum atomic E-state index is -1.15. The van der Waals surface area contributed by atoms with Crippen LogP contribution in [0.3, 0.4) is 0 Å². The van der Waals surface area contributed by atoms with E-state index in [1.165, 1.54) is 12.1 Å². The number of alkyl carbamates (subject to hydrolysis) is 1. The van der Waals surface area contributed by atoms with Crippen molar-refractivity contribution in [3.05, 3.63) is 71.5 Å². The molecule has 0 aliphatic carbocycles. The topological polar surface area (TPSA) is 58.6 Å². The van der Waals surface area contributed by atoms with Crippen molar-refractivity contribution in [1.82, 2.24) is 5.32 Å². The summed E-state index contributed by atoms with van der Waals surface area (Å²) in [5.41, 5.74) is 0.540. The SMILES string of the molecule is CC(C)(O)C(Cc1ccc(F)cc1)NC(=O)OCc1ccccc1. The molecule has 128 valence electrons. The molecule has 0 saturated heterocycles. The molecular weight excluding hydrogens is 309 g/mol. The summed E-state index contributed by atoms with van der Waals surface area (Å²) >= 11 is 0. The third kappa shape index (κ3) is 5.66. The molecule has 0 saturated carbocycles. The predicted octanol–water partition coefficient (Wildman–Crippen LogP) is 3.43. The second-order valence-electron chi connectivity index (χ2n) is 6.24. The van der Waals surface area contributed by atoms with Gasteiger partial charge in [0.25, 0.3) is 0 Å². The summed E-state index contributed by atoms with van der Waals surface area (Å²) in [6, 6.07) is 14.7. The van der Waals surface area contributed by atoms with Crippen LogP contribution >= 0.6 is 0 Å². The van der Waals surface area contributed by atoms with Gasteiger partial charge in [0.2, 0.25) is 0 Å². The summed E-state index contributed by atoms with van der Waals surface area (Å²) in [4.78, 5) is 12.0. The number of rotatable bonds is 6. The molecule has 5 heteroatoms. The molecule has 0 spiro atoms.